The smallest absolute Gasteiger partial charge is 0.274 e. The van der Waals surface area contributed by atoms with E-state index in [9.17, 15) is 14.4 Å². The van der Waals surface area contributed by atoms with Crippen LogP contribution in [0.5, 0.6) is 5.75 Å². The van der Waals surface area contributed by atoms with Crippen molar-refractivity contribution in [3.63, 3.8) is 0 Å². The first-order valence-corrected chi connectivity index (χ1v) is 16.3. The molecule has 0 saturated carbocycles. The topological polar surface area (TPSA) is 112 Å². The van der Waals surface area contributed by atoms with Crippen LogP contribution in [0, 0.1) is 0 Å². The lowest BCUT2D eigenvalue weighted by Crippen LogP contribution is -2.48. The number of nitrogens with zero attached hydrogens (tertiary/aromatic N) is 6. The fourth-order valence-electron chi connectivity index (χ4n) is 6.36. The Morgan fingerprint density at radius 1 is 0.979 bits per heavy atom. The number of likely N-dealkylation sites (tertiary alicyclic amines) is 1. The van der Waals surface area contributed by atoms with E-state index in [0.717, 1.165) is 73.7 Å². The van der Waals surface area contributed by atoms with Crippen LogP contribution in [0.4, 0.5) is 0 Å². The Bertz CT molecular complexity index is 1700. The largest absolute Gasteiger partial charge is 0.497 e. The van der Waals surface area contributed by atoms with Crippen LogP contribution < -0.4 is 15.6 Å². The quantitative estimate of drug-likeness (QED) is 0.195. The van der Waals surface area contributed by atoms with E-state index < -0.39 is 0 Å². The van der Waals surface area contributed by atoms with Gasteiger partial charge in [-0.05, 0) is 75.5 Å². The second kappa shape index (κ2) is 15.7. The van der Waals surface area contributed by atoms with Gasteiger partial charge < -0.3 is 24.8 Å². The number of methoxy groups -OCH3 is 1. The monoisotopic (exact) mass is 639 g/mol. The number of carbonyl (C=O) groups is 2. The first-order valence-electron chi connectivity index (χ1n) is 16.3. The van der Waals surface area contributed by atoms with E-state index in [1.165, 1.54) is 0 Å². The van der Waals surface area contributed by atoms with Crippen molar-refractivity contribution >= 4 is 29.3 Å². The van der Waals surface area contributed by atoms with Crippen molar-refractivity contribution in [1.29, 1.82) is 0 Å². The van der Waals surface area contributed by atoms with Gasteiger partial charge in [-0.3, -0.25) is 19.4 Å². The van der Waals surface area contributed by atoms with Crippen molar-refractivity contribution in [3.05, 3.63) is 93.7 Å². The van der Waals surface area contributed by atoms with Crippen LogP contribution >= 0.6 is 0 Å². The van der Waals surface area contributed by atoms with Gasteiger partial charge in [0, 0.05) is 63.2 Å². The van der Waals surface area contributed by atoms with Gasteiger partial charge in [-0.2, -0.15) is 5.10 Å². The summed E-state index contributed by atoms with van der Waals surface area (Å²) in [4.78, 5) is 48.6. The Morgan fingerprint density at radius 3 is 2.28 bits per heavy atom. The van der Waals surface area contributed by atoms with E-state index >= 15 is 0 Å². The molecule has 2 fully saturated rings. The number of fused-ring (bicyclic) bond motifs is 1. The molecule has 0 bridgehead atoms. The van der Waals surface area contributed by atoms with E-state index in [1.807, 2.05) is 66.4 Å². The molecule has 1 N–H and O–H groups in total. The van der Waals surface area contributed by atoms with Crippen LogP contribution in [0.15, 0.2) is 81.9 Å². The molecule has 2 aromatic carbocycles. The first kappa shape index (κ1) is 33.6. The SMILES string of the molecule is C=N/C(=C\C=C(/C)N1CCN(C(=O)CCN2CCC(c3nn(Cc4ccc(OC)cc4)c(=O)c4ccccc34)CC2)CC1)C(=O)NC. The molecule has 3 heterocycles. The number of nitrogens with one attached hydrogen (secondary N) is 1. The number of ether oxygens (including phenoxy) is 1. The number of amides is 2. The number of piperidine rings is 1. The number of benzene rings is 2. The second-order valence-corrected chi connectivity index (χ2v) is 12.1. The molecule has 0 unspecified atom stereocenters. The highest BCUT2D eigenvalue weighted by Gasteiger charge is 2.26. The second-order valence-electron chi connectivity index (χ2n) is 12.1. The molecule has 0 spiro atoms. The Kier molecular flexibility index (Phi) is 11.2. The van der Waals surface area contributed by atoms with Gasteiger partial charge in [-0.1, -0.05) is 30.3 Å². The summed E-state index contributed by atoms with van der Waals surface area (Å²) in [5.41, 5.74) is 3.17. The summed E-state index contributed by atoms with van der Waals surface area (Å²) in [6.07, 6.45) is 5.88. The van der Waals surface area contributed by atoms with Crippen molar-refractivity contribution in [3.8, 4) is 5.75 Å². The number of piperazine rings is 1. The molecule has 2 amide bonds. The Balaban J connectivity index is 1.14. The van der Waals surface area contributed by atoms with E-state index in [4.69, 9.17) is 9.84 Å². The van der Waals surface area contributed by atoms with Crippen molar-refractivity contribution < 1.29 is 14.3 Å². The molecule has 2 aliphatic heterocycles. The summed E-state index contributed by atoms with van der Waals surface area (Å²) >= 11 is 0. The lowest BCUT2D eigenvalue weighted by molar-refractivity contribution is -0.133. The highest BCUT2D eigenvalue weighted by molar-refractivity contribution is 5.93. The van der Waals surface area contributed by atoms with Crippen LogP contribution in [0.2, 0.25) is 0 Å². The van der Waals surface area contributed by atoms with Crippen LogP contribution in [-0.2, 0) is 16.1 Å². The minimum atomic E-state index is -0.277. The van der Waals surface area contributed by atoms with Gasteiger partial charge in [0.1, 0.15) is 11.4 Å². The van der Waals surface area contributed by atoms with E-state index in [-0.39, 0.29) is 29.0 Å². The number of rotatable bonds is 11. The number of likely N-dealkylation sites (N-methyl/N-ethyl adjacent to an activating group) is 1. The van der Waals surface area contributed by atoms with E-state index in [1.54, 1.807) is 24.9 Å². The van der Waals surface area contributed by atoms with Crippen LogP contribution in [0.3, 0.4) is 0 Å². The summed E-state index contributed by atoms with van der Waals surface area (Å²) in [6, 6.07) is 15.5. The van der Waals surface area contributed by atoms with Gasteiger partial charge in [0.2, 0.25) is 5.91 Å². The molecular weight excluding hydrogens is 594 g/mol. The van der Waals surface area contributed by atoms with Crippen LogP contribution in [-0.4, -0.2) is 103 Å². The molecule has 11 heteroatoms. The van der Waals surface area contributed by atoms with Crippen molar-refractivity contribution in [2.45, 2.75) is 38.6 Å². The normalized spacial score (nSPS) is 16.7. The third-order valence-corrected chi connectivity index (χ3v) is 9.25. The van der Waals surface area contributed by atoms with Gasteiger partial charge in [0.25, 0.3) is 11.5 Å². The van der Waals surface area contributed by atoms with Gasteiger partial charge in [0.05, 0.1) is 24.7 Å². The van der Waals surface area contributed by atoms with Gasteiger partial charge in [-0.15, -0.1) is 0 Å². The lowest BCUT2D eigenvalue weighted by Gasteiger charge is -2.37. The molecule has 5 rings (SSSR count). The van der Waals surface area contributed by atoms with E-state index in [0.29, 0.717) is 31.4 Å². The Labute approximate surface area is 276 Å². The molecule has 1 aromatic heterocycles. The number of hydrogen-bond acceptors (Lipinski definition) is 8. The number of aliphatic imine (C=N–C) groups is 1. The lowest BCUT2D eigenvalue weighted by atomic mass is 9.90. The minimum absolute atomic E-state index is 0.0832. The minimum Gasteiger partial charge on any atom is -0.497 e. The zero-order valence-electron chi connectivity index (χ0n) is 27.7. The maximum Gasteiger partial charge on any atom is 0.274 e. The van der Waals surface area contributed by atoms with Gasteiger partial charge in [-0.25, -0.2) is 4.68 Å². The summed E-state index contributed by atoms with van der Waals surface area (Å²) in [5, 5.41) is 9.12. The molecule has 248 valence electrons. The number of aromatic nitrogens is 2. The Hall–Kier alpha value is -4.77. The number of hydrogen-bond donors (Lipinski definition) is 1. The molecule has 0 atom stereocenters. The molecule has 2 aliphatic rings. The molecular formula is C36H45N7O4. The third kappa shape index (κ3) is 8.15. The molecule has 3 aromatic rings. The Morgan fingerprint density at radius 2 is 1.64 bits per heavy atom. The summed E-state index contributed by atoms with van der Waals surface area (Å²) < 4.78 is 6.87. The standard InChI is InChI=1S/C36H45N7O4/c1-26(9-14-32(37-2)35(45)38-3)41-21-23-42(24-22-41)33(44)17-20-40-18-15-28(16-19-40)34-30-7-5-6-8-31(30)36(46)43(39-34)25-27-10-12-29(47-4)13-11-27/h5-14,28H,2,15-25H2,1,3-4H3,(H,38,45)/b26-9+,32-14-. The van der Waals surface area contributed by atoms with Gasteiger partial charge in [0.15, 0.2) is 0 Å². The zero-order chi connectivity index (χ0) is 33.3. The molecule has 47 heavy (non-hydrogen) atoms. The maximum atomic E-state index is 13.4. The third-order valence-electron chi connectivity index (χ3n) is 9.25. The predicted octanol–water partition coefficient (Wildman–Crippen LogP) is 3.40. The first-order chi connectivity index (χ1) is 22.8. The van der Waals surface area contributed by atoms with Crippen LogP contribution in [0.25, 0.3) is 10.8 Å². The molecule has 11 nitrogen and oxygen atoms in total. The summed E-state index contributed by atoms with van der Waals surface area (Å²) in [6.45, 7) is 11.2. The average molecular weight is 640 g/mol. The maximum absolute atomic E-state index is 13.4. The summed E-state index contributed by atoms with van der Waals surface area (Å²) in [5.74, 6) is 0.922. The highest BCUT2D eigenvalue weighted by atomic mass is 16.5. The van der Waals surface area contributed by atoms with E-state index in [2.05, 4.69) is 26.8 Å². The van der Waals surface area contributed by atoms with Crippen molar-refractivity contribution in [1.82, 2.24) is 29.8 Å². The molecule has 0 radical (unpaired) electrons. The summed E-state index contributed by atoms with van der Waals surface area (Å²) in [7, 11) is 3.20. The average Bonchev–Trinajstić information content (AvgIpc) is 3.12. The van der Waals surface area contributed by atoms with Crippen molar-refractivity contribution in [2.75, 3.05) is 60.0 Å². The van der Waals surface area contributed by atoms with Crippen molar-refractivity contribution in [2.24, 2.45) is 4.99 Å². The highest BCUT2D eigenvalue weighted by Crippen LogP contribution is 2.31. The fraction of sp³-hybridized carbons (Fsp3) is 0.417. The molecule has 0 aliphatic carbocycles. The predicted molar refractivity (Wildman–Crippen MR) is 185 cm³/mol. The fourth-order valence-corrected chi connectivity index (χ4v) is 6.36. The van der Waals surface area contributed by atoms with Crippen LogP contribution in [0.1, 0.15) is 43.4 Å². The van der Waals surface area contributed by atoms with Gasteiger partial charge >= 0.3 is 0 Å². The zero-order valence-corrected chi connectivity index (χ0v) is 27.7. The number of allylic oxidation sites excluding steroid dienone is 3. The molecule has 2 saturated heterocycles. The number of carbonyl (C=O) groups excluding carboxylic acids is 2.